The Balaban J connectivity index is 1.67. The molecule has 0 aromatic heterocycles. The lowest BCUT2D eigenvalue weighted by atomic mass is 10.0. The fourth-order valence-electron chi connectivity index (χ4n) is 3.50. The maximum atomic E-state index is 12.2. The average molecular weight is 448 g/mol. The van der Waals surface area contributed by atoms with Crippen LogP contribution in [0.15, 0.2) is 48.2 Å². The topological polar surface area (TPSA) is 75.6 Å². The number of rotatable bonds is 8. The number of aliphatic carboxylic acids is 1. The van der Waals surface area contributed by atoms with E-state index in [1.807, 2.05) is 0 Å². The predicted octanol–water partition coefficient (Wildman–Crippen LogP) is 6.30. The highest BCUT2D eigenvalue weighted by Gasteiger charge is 2.18. The third kappa shape index (κ3) is 6.25. The molecule has 0 saturated heterocycles. The molecule has 0 atom stereocenters. The van der Waals surface area contributed by atoms with Crippen molar-refractivity contribution in [3.63, 3.8) is 0 Å². The Kier molecular flexibility index (Phi) is 7.77. The van der Waals surface area contributed by atoms with E-state index in [0.717, 1.165) is 19.3 Å². The van der Waals surface area contributed by atoms with Crippen molar-refractivity contribution >= 4 is 41.2 Å². The van der Waals surface area contributed by atoms with Gasteiger partial charge in [-0.05, 0) is 48.2 Å². The van der Waals surface area contributed by atoms with E-state index in [4.69, 9.17) is 27.9 Å². The molecule has 1 aliphatic rings. The number of ether oxygens (including phenoxy) is 1. The third-order valence-electron chi connectivity index (χ3n) is 5.08. The van der Waals surface area contributed by atoms with E-state index in [1.165, 1.54) is 18.9 Å². The number of hydrogen-bond donors (Lipinski definition) is 2. The lowest BCUT2D eigenvalue weighted by Crippen LogP contribution is -2.27. The zero-order chi connectivity index (χ0) is 21.5. The first-order valence-electron chi connectivity index (χ1n) is 9.89. The van der Waals surface area contributed by atoms with Crippen molar-refractivity contribution in [3.05, 3.63) is 63.8 Å². The molecule has 3 rings (SSSR count). The number of hydrogen-bond acceptors (Lipinski definition) is 3. The number of halogens is 2. The first kappa shape index (κ1) is 22.2. The monoisotopic (exact) mass is 447 g/mol. The van der Waals surface area contributed by atoms with E-state index in [9.17, 15) is 14.7 Å². The molecule has 30 heavy (non-hydrogen) atoms. The molecule has 7 heteroatoms. The minimum atomic E-state index is -1.21. The SMILES string of the molecule is O=C(CCC1CCCC1)NC(=Cc1ccc(Oc2ccccc2Cl)c(Cl)c1)C(=O)O. The molecule has 0 spiro atoms. The molecule has 2 N–H and O–H groups in total. The summed E-state index contributed by atoms with van der Waals surface area (Å²) in [6.07, 6.45) is 7.21. The van der Waals surface area contributed by atoms with Crippen LogP contribution in [0.4, 0.5) is 0 Å². The van der Waals surface area contributed by atoms with E-state index in [0.29, 0.717) is 39.4 Å². The molecule has 158 valence electrons. The summed E-state index contributed by atoms with van der Waals surface area (Å²) in [4.78, 5) is 23.8. The highest BCUT2D eigenvalue weighted by Crippen LogP contribution is 2.34. The van der Waals surface area contributed by atoms with Gasteiger partial charge in [-0.25, -0.2) is 4.79 Å². The standard InChI is InChI=1S/C23H23Cl2NO4/c24-17-7-3-4-8-20(17)30-21-11-9-16(13-18(21)25)14-19(23(28)29)26-22(27)12-10-15-5-1-2-6-15/h3-4,7-9,11,13-15H,1-2,5-6,10,12H2,(H,26,27)(H,28,29). The molecule has 1 saturated carbocycles. The largest absolute Gasteiger partial charge is 0.477 e. The van der Waals surface area contributed by atoms with Gasteiger partial charge in [-0.2, -0.15) is 0 Å². The van der Waals surface area contributed by atoms with E-state index in [2.05, 4.69) is 5.32 Å². The zero-order valence-electron chi connectivity index (χ0n) is 16.4. The van der Waals surface area contributed by atoms with Crippen molar-refractivity contribution in [3.8, 4) is 11.5 Å². The van der Waals surface area contributed by atoms with Crippen molar-refractivity contribution in [2.45, 2.75) is 38.5 Å². The van der Waals surface area contributed by atoms with Gasteiger partial charge in [0.15, 0.2) is 0 Å². The van der Waals surface area contributed by atoms with Gasteiger partial charge in [0.2, 0.25) is 5.91 Å². The quantitative estimate of drug-likeness (QED) is 0.465. The van der Waals surface area contributed by atoms with Crippen LogP contribution in [0.5, 0.6) is 11.5 Å². The molecule has 0 heterocycles. The number of carboxylic acid groups (broad SMARTS) is 1. The second kappa shape index (κ2) is 10.5. The van der Waals surface area contributed by atoms with Gasteiger partial charge >= 0.3 is 5.97 Å². The van der Waals surface area contributed by atoms with E-state index in [-0.39, 0.29) is 11.6 Å². The number of nitrogens with one attached hydrogen (secondary N) is 1. The molecular formula is C23H23Cl2NO4. The second-order valence-corrected chi connectivity index (χ2v) is 8.14. The van der Waals surface area contributed by atoms with Gasteiger partial charge in [-0.15, -0.1) is 0 Å². The fraction of sp³-hybridized carbons (Fsp3) is 0.304. The Morgan fingerprint density at radius 3 is 2.43 bits per heavy atom. The fourth-order valence-corrected chi connectivity index (χ4v) is 3.90. The van der Waals surface area contributed by atoms with Gasteiger partial charge in [0.1, 0.15) is 17.2 Å². The Labute approximate surface area is 185 Å². The maximum Gasteiger partial charge on any atom is 0.352 e. The molecule has 0 bridgehead atoms. The molecular weight excluding hydrogens is 425 g/mol. The minimum Gasteiger partial charge on any atom is -0.477 e. The molecule has 1 fully saturated rings. The smallest absolute Gasteiger partial charge is 0.352 e. The van der Waals surface area contributed by atoms with Gasteiger partial charge in [-0.3, -0.25) is 4.79 Å². The number of carbonyl (C=O) groups is 2. The Morgan fingerprint density at radius 2 is 1.77 bits per heavy atom. The van der Waals surface area contributed by atoms with E-state index in [1.54, 1.807) is 42.5 Å². The predicted molar refractivity (Wildman–Crippen MR) is 118 cm³/mol. The van der Waals surface area contributed by atoms with Crippen LogP contribution in [-0.4, -0.2) is 17.0 Å². The van der Waals surface area contributed by atoms with Gasteiger partial charge in [-0.1, -0.05) is 67.1 Å². The van der Waals surface area contributed by atoms with Crippen LogP contribution in [0.2, 0.25) is 10.0 Å². The van der Waals surface area contributed by atoms with Crippen LogP contribution >= 0.6 is 23.2 Å². The van der Waals surface area contributed by atoms with Crippen LogP contribution in [0.1, 0.15) is 44.1 Å². The molecule has 0 aliphatic heterocycles. The normalized spacial score (nSPS) is 14.5. The van der Waals surface area contributed by atoms with Gasteiger partial charge in [0.05, 0.1) is 10.0 Å². The van der Waals surface area contributed by atoms with E-state index >= 15 is 0 Å². The number of carboxylic acids is 1. The molecule has 0 unspecified atom stereocenters. The number of carbonyl (C=O) groups excluding carboxylic acids is 1. The van der Waals surface area contributed by atoms with Crippen LogP contribution in [0.3, 0.4) is 0 Å². The lowest BCUT2D eigenvalue weighted by molar-refractivity contribution is -0.134. The summed E-state index contributed by atoms with van der Waals surface area (Å²) >= 11 is 12.4. The summed E-state index contributed by atoms with van der Waals surface area (Å²) in [6.45, 7) is 0. The zero-order valence-corrected chi connectivity index (χ0v) is 17.9. The van der Waals surface area contributed by atoms with Crippen molar-refractivity contribution in [1.82, 2.24) is 5.32 Å². The highest BCUT2D eigenvalue weighted by atomic mass is 35.5. The summed E-state index contributed by atoms with van der Waals surface area (Å²) in [6, 6.07) is 11.9. The van der Waals surface area contributed by atoms with Crippen LogP contribution < -0.4 is 10.1 Å². The minimum absolute atomic E-state index is 0.192. The van der Waals surface area contributed by atoms with Crippen LogP contribution in [-0.2, 0) is 9.59 Å². The van der Waals surface area contributed by atoms with Crippen molar-refractivity contribution < 1.29 is 19.4 Å². The molecule has 2 aromatic carbocycles. The molecule has 0 radical (unpaired) electrons. The molecule has 1 aliphatic carbocycles. The Bertz CT molecular complexity index is 952. The average Bonchev–Trinajstić information content (AvgIpc) is 3.23. The first-order chi connectivity index (χ1) is 14.4. The van der Waals surface area contributed by atoms with Gasteiger partial charge < -0.3 is 15.2 Å². The third-order valence-corrected chi connectivity index (χ3v) is 5.69. The van der Waals surface area contributed by atoms with Crippen molar-refractivity contribution in [2.24, 2.45) is 5.92 Å². The number of para-hydroxylation sites is 1. The summed E-state index contributed by atoms with van der Waals surface area (Å²) in [5, 5.41) is 12.7. The van der Waals surface area contributed by atoms with Gasteiger partial charge in [0, 0.05) is 6.42 Å². The number of benzene rings is 2. The number of amides is 1. The summed E-state index contributed by atoms with van der Waals surface area (Å²) < 4.78 is 5.72. The Morgan fingerprint density at radius 1 is 1.07 bits per heavy atom. The maximum absolute atomic E-state index is 12.2. The van der Waals surface area contributed by atoms with Crippen molar-refractivity contribution in [2.75, 3.05) is 0 Å². The second-order valence-electron chi connectivity index (χ2n) is 7.32. The van der Waals surface area contributed by atoms with Gasteiger partial charge in [0.25, 0.3) is 0 Å². The van der Waals surface area contributed by atoms with Crippen LogP contribution in [0, 0.1) is 5.92 Å². The summed E-state index contributed by atoms with van der Waals surface area (Å²) in [5.74, 6) is -0.0842. The molecule has 1 amide bonds. The first-order valence-corrected chi connectivity index (χ1v) is 10.6. The Hall–Kier alpha value is -2.50. The van der Waals surface area contributed by atoms with E-state index < -0.39 is 5.97 Å². The highest BCUT2D eigenvalue weighted by molar-refractivity contribution is 6.33. The van der Waals surface area contributed by atoms with Crippen molar-refractivity contribution in [1.29, 1.82) is 0 Å². The lowest BCUT2D eigenvalue weighted by Gasteiger charge is -2.11. The molecule has 5 nitrogen and oxygen atoms in total. The summed E-state index contributed by atoms with van der Waals surface area (Å²) in [5.41, 5.74) is 0.335. The van der Waals surface area contributed by atoms with Crippen LogP contribution in [0.25, 0.3) is 6.08 Å². The summed E-state index contributed by atoms with van der Waals surface area (Å²) in [7, 11) is 0. The molecule has 2 aromatic rings.